The Morgan fingerprint density at radius 2 is 2.12 bits per heavy atom. The second kappa shape index (κ2) is 9.49. The van der Waals surface area contributed by atoms with Gasteiger partial charge in [-0.25, -0.2) is 17.9 Å². The van der Waals surface area contributed by atoms with E-state index in [9.17, 15) is 13.2 Å². The zero-order valence-electron chi connectivity index (χ0n) is 14.4. The molecule has 0 radical (unpaired) electrons. The topological polar surface area (TPSA) is 93.7 Å². The number of carbonyl (C=O) groups is 1. The summed E-state index contributed by atoms with van der Waals surface area (Å²) in [6.07, 6.45) is 1.85. The molecule has 9 heteroatoms. The molecule has 1 fully saturated rings. The number of sulfonamides is 1. The Labute approximate surface area is 154 Å². The summed E-state index contributed by atoms with van der Waals surface area (Å²) in [5.41, 5.74) is 0.513. The lowest BCUT2D eigenvalue weighted by molar-refractivity contribution is 0.0600. The average molecular weight is 393 g/mol. The normalized spacial score (nSPS) is 20.1. The Balaban J connectivity index is 0.00000312. The summed E-state index contributed by atoms with van der Waals surface area (Å²) in [5.74, 6) is -0.683. The van der Waals surface area contributed by atoms with Crippen molar-refractivity contribution in [1.82, 2.24) is 10.0 Å². The van der Waals surface area contributed by atoms with Crippen LogP contribution in [0.5, 0.6) is 0 Å². The highest BCUT2D eigenvalue weighted by atomic mass is 35.5. The van der Waals surface area contributed by atoms with E-state index in [1.165, 1.54) is 13.2 Å². The van der Waals surface area contributed by atoms with Gasteiger partial charge in [-0.3, -0.25) is 0 Å². The average Bonchev–Trinajstić information content (AvgIpc) is 3.02. The van der Waals surface area contributed by atoms with Crippen LogP contribution in [0.3, 0.4) is 0 Å². The van der Waals surface area contributed by atoms with E-state index in [1.807, 2.05) is 0 Å². The smallest absolute Gasteiger partial charge is 0.337 e. The van der Waals surface area contributed by atoms with Crippen LogP contribution >= 0.6 is 12.4 Å². The van der Waals surface area contributed by atoms with Gasteiger partial charge in [0.25, 0.3) is 0 Å². The monoisotopic (exact) mass is 392 g/mol. The molecule has 0 aliphatic carbocycles. The Hall–Kier alpha value is -1.19. The molecule has 0 spiro atoms. The number of ether oxygens (including phenoxy) is 2. The van der Waals surface area contributed by atoms with Gasteiger partial charge in [-0.2, -0.15) is 0 Å². The molecule has 1 aromatic rings. The van der Waals surface area contributed by atoms with Gasteiger partial charge in [0.2, 0.25) is 10.0 Å². The van der Waals surface area contributed by atoms with Crippen LogP contribution in [0.15, 0.2) is 24.3 Å². The maximum Gasteiger partial charge on any atom is 0.337 e. The molecule has 0 aromatic heterocycles. The minimum absolute atomic E-state index is 0. The number of halogens is 1. The first kappa shape index (κ1) is 21.9. The van der Waals surface area contributed by atoms with E-state index >= 15 is 0 Å². The molecule has 2 rings (SSSR count). The summed E-state index contributed by atoms with van der Waals surface area (Å²) < 4.78 is 37.2. The summed E-state index contributed by atoms with van der Waals surface area (Å²) in [6.45, 7) is 1.58. The van der Waals surface area contributed by atoms with Gasteiger partial charge in [0.15, 0.2) is 0 Å². The maximum absolute atomic E-state index is 12.4. The van der Waals surface area contributed by atoms with Gasteiger partial charge in [-0.1, -0.05) is 12.1 Å². The van der Waals surface area contributed by atoms with Crippen LogP contribution in [0.4, 0.5) is 0 Å². The number of esters is 1. The van der Waals surface area contributed by atoms with E-state index in [0.717, 1.165) is 19.4 Å². The molecule has 1 saturated heterocycles. The van der Waals surface area contributed by atoms with Crippen molar-refractivity contribution >= 4 is 28.4 Å². The van der Waals surface area contributed by atoms with Gasteiger partial charge in [-0.05, 0) is 37.1 Å². The standard InChI is InChI=1S/C16H24N2O5S.ClH/c1-22-12-16(7-4-8-17-16)11-18-24(20,21)10-13-5-3-6-14(9-13)15(19)23-2;/h3,5-6,9,17-18H,4,7-8,10-12H2,1-2H3;1H. The minimum atomic E-state index is -3.53. The summed E-state index contributed by atoms with van der Waals surface area (Å²) in [4.78, 5) is 11.5. The van der Waals surface area contributed by atoms with Gasteiger partial charge in [-0.15, -0.1) is 12.4 Å². The van der Waals surface area contributed by atoms with E-state index in [4.69, 9.17) is 4.74 Å². The third kappa shape index (κ3) is 6.23. The van der Waals surface area contributed by atoms with Crippen LogP contribution in [0.2, 0.25) is 0 Å². The van der Waals surface area contributed by atoms with Crippen LogP contribution in [0, 0.1) is 0 Å². The predicted molar refractivity (Wildman–Crippen MR) is 97.5 cm³/mol. The van der Waals surface area contributed by atoms with E-state index in [-0.39, 0.29) is 30.2 Å². The fraction of sp³-hybridized carbons (Fsp3) is 0.562. The van der Waals surface area contributed by atoms with Crippen molar-refractivity contribution in [2.24, 2.45) is 0 Å². The largest absolute Gasteiger partial charge is 0.465 e. The molecule has 0 saturated carbocycles. The van der Waals surface area contributed by atoms with Gasteiger partial charge in [0.05, 0.1) is 30.6 Å². The van der Waals surface area contributed by atoms with Crippen molar-refractivity contribution in [3.8, 4) is 0 Å². The lowest BCUT2D eigenvalue weighted by atomic mass is 9.99. The number of benzene rings is 1. The molecule has 1 atom stereocenters. The first-order valence-corrected chi connectivity index (χ1v) is 9.43. The van der Waals surface area contributed by atoms with Gasteiger partial charge in [0.1, 0.15) is 0 Å². The van der Waals surface area contributed by atoms with E-state index in [1.54, 1.807) is 25.3 Å². The highest BCUT2D eigenvalue weighted by Crippen LogP contribution is 2.19. The Morgan fingerprint density at radius 3 is 2.72 bits per heavy atom. The number of hydrogen-bond acceptors (Lipinski definition) is 6. The SMILES string of the molecule is COCC1(CNS(=O)(=O)Cc2cccc(C(=O)OC)c2)CCCN1.Cl. The zero-order valence-corrected chi connectivity index (χ0v) is 16.0. The summed E-state index contributed by atoms with van der Waals surface area (Å²) in [7, 11) is -0.631. The number of carbonyl (C=O) groups excluding carboxylic acids is 1. The van der Waals surface area contributed by atoms with Crippen molar-refractivity contribution in [2.45, 2.75) is 24.1 Å². The van der Waals surface area contributed by atoms with Crippen LogP contribution in [0.1, 0.15) is 28.8 Å². The fourth-order valence-corrected chi connectivity index (χ4v) is 4.11. The molecule has 1 aromatic carbocycles. The quantitative estimate of drug-likeness (QED) is 0.643. The van der Waals surface area contributed by atoms with E-state index in [0.29, 0.717) is 17.7 Å². The van der Waals surface area contributed by atoms with Crippen LogP contribution in [0.25, 0.3) is 0 Å². The first-order valence-electron chi connectivity index (χ1n) is 7.78. The van der Waals surface area contributed by atoms with Crippen LogP contribution < -0.4 is 10.0 Å². The van der Waals surface area contributed by atoms with Crippen molar-refractivity contribution in [3.05, 3.63) is 35.4 Å². The lowest BCUT2D eigenvalue weighted by Gasteiger charge is -2.28. The molecular formula is C16H25ClN2O5S. The second-order valence-electron chi connectivity index (χ2n) is 6.02. The Morgan fingerprint density at radius 1 is 1.36 bits per heavy atom. The molecule has 1 aliphatic rings. The predicted octanol–water partition coefficient (Wildman–Crippen LogP) is 1.08. The van der Waals surface area contributed by atoms with Crippen molar-refractivity contribution in [2.75, 3.05) is 33.9 Å². The Bertz CT molecular complexity index is 675. The van der Waals surface area contributed by atoms with E-state index < -0.39 is 16.0 Å². The minimum Gasteiger partial charge on any atom is -0.465 e. The number of methoxy groups -OCH3 is 2. The van der Waals surface area contributed by atoms with Crippen LogP contribution in [-0.2, 0) is 25.2 Å². The van der Waals surface area contributed by atoms with Gasteiger partial charge >= 0.3 is 5.97 Å². The zero-order chi connectivity index (χ0) is 17.6. The summed E-state index contributed by atoms with van der Waals surface area (Å²) in [5, 5.41) is 3.33. The fourth-order valence-electron chi connectivity index (χ4n) is 2.89. The molecular weight excluding hydrogens is 368 g/mol. The highest BCUT2D eigenvalue weighted by Gasteiger charge is 2.34. The number of nitrogens with one attached hydrogen (secondary N) is 2. The molecule has 1 unspecified atom stereocenters. The maximum atomic E-state index is 12.4. The van der Waals surface area contributed by atoms with Crippen molar-refractivity contribution < 1.29 is 22.7 Å². The summed E-state index contributed by atoms with van der Waals surface area (Å²) in [6, 6.07) is 6.43. The molecule has 1 heterocycles. The first-order chi connectivity index (χ1) is 11.4. The van der Waals surface area contributed by atoms with Crippen molar-refractivity contribution in [1.29, 1.82) is 0 Å². The van der Waals surface area contributed by atoms with Gasteiger partial charge in [0, 0.05) is 13.7 Å². The summed E-state index contributed by atoms with van der Waals surface area (Å²) >= 11 is 0. The number of hydrogen-bond donors (Lipinski definition) is 2. The third-order valence-corrected chi connectivity index (χ3v) is 5.39. The Kier molecular flexibility index (Phi) is 8.30. The molecule has 7 nitrogen and oxygen atoms in total. The van der Waals surface area contributed by atoms with E-state index in [2.05, 4.69) is 14.8 Å². The molecule has 0 amide bonds. The second-order valence-corrected chi connectivity index (χ2v) is 7.82. The lowest BCUT2D eigenvalue weighted by Crippen LogP contribution is -2.53. The molecule has 1 aliphatic heterocycles. The molecule has 142 valence electrons. The van der Waals surface area contributed by atoms with Crippen LogP contribution in [-0.4, -0.2) is 53.8 Å². The molecule has 25 heavy (non-hydrogen) atoms. The third-order valence-electron chi connectivity index (χ3n) is 4.09. The molecule has 2 N–H and O–H groups in total. The number of rotatable bonds is 8. The van der Waals surface area contributed by atoms with Gasteiger partial charge < -0.3 is 14.8 Å². The highest BCUT2D eigenvalue weighted by molar-refractivity contribution is 7.88. The van der Waals surface area contributed by atoms with Crippen molar-refractivity contribution in [3.63, 3.8) is 0 Å². The molecule has 0 bridgehead atoms.